The molecular formula is C20H17N5O5S. The smallest absolute Gasteiger partial charge is 0.332 e. The Kier molecular flexibility index (Phi) is 5.58. The van der Waals surface area contributed by atoms with Gasteiger partial charge in [-0.25, -0.2) is 4.79 Å². The molecule has 0 radical (unpaired) electrons. The Morgan fingerprint density at radius 1 is 1.13 bits per heavy atom. The third-order valence-electron chi connectivity index (χ3n) is 4.51. The minimum absolute atomic E-state index is 0.128. The molecule has 10 nitrogen and oxygen atoms in total. The topological polar surface area (TPSA) is 139 Å². The molecule has 0 amide bonds. The first-order valence-electron chi connectivity index (χ1n) is 9.12. The minimum Gasteiger partial charge on any atom is -0.459 e. The first-order valence-corrected chi connectivity index (χ1v) is 10.1. The van der Waals surface area contributed by atoms with Crippen LogP contribution in [0.25, 0.3) is 11.7 Å². The molecule has 3 aromatic heterocycles. The quantitative estimate of drug-likeness (QED) is 0.337. The molecule has 0 aliphatic carbocycles. The summed E-state index contributed by atoms with van der Waals surface area (Å²) in [5, 5.41) is 7.84. The van der Waals surface area contributed by atoms with E-state index in [0.717, 1.165) is 21.9 Å². The summed E-state index contributed by atoms with van der Waals surface area (Å²) in [5.74, 6) is -0.335. The van der Waals surface area contributed by atoms with Gasteiger partial charge < -0.3 is 14.6 Å². The summed E-state index contributed by atoms with van der Waals surface area (Å²) in [4.78, 5) is 38.0. The summed E-state index contributed by atoms with van der Waals surface area (Å²) in [6.07, 6.45) is 1.47. The van der Waals surface area contributed by atoms with Crippen LogP contribution in [-0.4, -0.2) is 30.9 Å². The lowest BCUT2D eigenvalue weighted by Gasteiger charge is -2.14. The lowest BCUT2D eigenvalue weighted by atomic mass is 10.2. The molecule has 4 rings (SSSR count). The van der Waals surface area contributed by atoms with E-state index in [1.807, 2.05) is 30.3 Å². The van der Waals surface area contributed by atoms with Crippen LogP contribution in [-0.2, 0) is 13.6 Å². The predicted octanol–water partition coefficient (Wildman–Crippen LogP) is 1.80. The number of hydrogen-bond acceptors (Lipinski definition) is 9. The average molecular weight is 439 g/mol. The van der Waals surface area contributed by atoms with Crippen molar-refractivity contribution in [2.75, 3.05) is 11.5 Å². The summed E-state index contributed by atoms with van der Waals surface area (Å²) in [6.45, 7) is 0.128. The molecule has 0 fully saturated rings. The molecule has 1 aromatic carbocycles. The number of nitrogens with zero attached hydrogens (tertiary/aromatic N) is 4. The van der Waals surface area contributed by atoms with Gasteiger partial charge in [-0.05, 0) is 17.7 Å². The third-order valence-corrected chi connectivity index (χ3v) is 5.33. The molecule has 0 atom stereocenters. The number of nitrogens with two attached hydrogens (primary N) is 1. The number of rotatable bonds is 7. The van der Waals surface area contributed by atoms with E-state index >= 15 is 0 Å². The van der Waals surface area contributed by atoms with E-state index in [1.165, 1.54) is 17.9 Å². The first-order chi connectivity index (χ1) is 15.0. The van der Waals surface area contributed by atoms with Crippen LogP contribution in [0, 0.1) is 0 Å². The van der Waals surface area contributed by atoms with Gasteiger partial charge in [0, 0.05) is 7.05 Å². The van der Waals surface area contributed by atoms with Crippen molar-refractivity contribution >= 4 is 23.4 Å². The molecule has 0 saturated carbocycles. The van der Waals surface area contributed by atoms with E-state index in [0.29, 0.717) is 5.76 Å². The molecule has 2 N–H and O–H groups in total. The number of carbonyl (C=O) groups is 1. The second-order valence-corrected chi connectivity index (χ2v) is 7.47. The molecule has 4 aromatic rings. The Morgan fingerprint density at radius 3 is 2.61 bits per heavy atom. The fourth-order valence-electron chi connectivity index (χ4n) is 2.93. The van der Waals surface area contributed by atoms with Crippen molar-refractivity contribution in [1.82, 2.24) is 19.3 Å². The molecule has 3 heterocycles. The van der Waals surface area contributed by atoms with E-state index in [1.54, 1.807) is 12.1 Å². The number of aromatic nitrogens is 4. The summed E-state index contributed by atoms with van der Waals surface area (Å²) in [5.41, 5.74) is 5.29. The normalized spacial score (nSPS) is 11.0. The summed E-state index contributed by atoms with van der Waals surface area (Å²) < 4.78 is 12.7. The van der Waals surface area contributed by atoms with Gasteiger partial charge in [0.25, 0.3) is 16.7 Å². The van der Waals surface area contributed by atoms with Crippen molar-refractivity contribution < 1.29 is 13.6 Å². The van der Waals surface area contributed by atoms with Gasteiger partial charge in [-0.1, -0.05) is 42.1 Å². The number of thioether (sulfide) groups is 1. The average Bonchev–Trinajstić information content (AvgIpc) is 3.46. The minimum atomic E-state index is -0.751. The van der Waals surface area contributed by atoms with Crippen LogP contribution in [0.4, 0.5) is 5.82 Å². The number of furan rings is 1. The Morgan fingerprint density at radius 2 is 1.90 bits per heavy atom. The monoisotopic (exact) mass is 439 g/mol. The molecule has 0 spiro atoms. The van der Waals surface area contributed by atoms with Crippen LogP contribution < -0.4 is 17.0 Å². The van der Waals surface area contributed by atoms with Gasteiger partial charge in [0.1, 0.15) is 11.4 Å². The van der Waals surface area contributed by atoms with Crippen molar-refractivity contribution in [3.63, 3.8) is 0 Å². The van der Waals surface area contributed by atoms with E-state index in [2.05, 4.69) is 10.2 Å². The first kappa shape index (κ1) is 20.4. The van der Waals surface area contributed by atoms with Gasteiger partial charge in [-0.15, -0.1) is 10.2 Å². The fourth-order valence-corrected chi connectivity index (χ4v) is 3.57. The van der Waals surface area contributed by atoms with Gasteiger partial charge in [0.05, 0.1) is 18.6 Å². The standard InChI is InChI=1S/C20H17N5O5S/c1-24-18(27)15(16(21)25(20(24)28)10-12-6-3-2-4-7-12)13(26)11-31-19-23-22-17(30-19)14-8-5-9-29-14/h2-9H,10-11,21H2,1H3. The van der Waals surface area contributed by atoms with Gasteiger partial charge >= 0.3 is 5.69 Å². The van der Waals surface area contributed by atoms with Gasteiger partial charge in [-0.3, -0.25) is 18.7 Å². The van der Waals surface area contributed by atoms with Crippen molar-refractivity contribution in [3.8, 4) is 11.7 Å². The summed E-state index contributed by atoms with van der Waals surface area (Å²) in [6, 6.07) is 12.5. The van der Waals surface area contributed by atoms with Crippen LogP contribution >= 0.6 is 11.8 Å². The fraction of sp³-hybridized carbons (Fsp3) is 0.150. The van der Waals surface area contributed by atoms with Crippen LogP contribution in [0.5, 0.6) is 0 Å². The Bertz CT molecular complexity index is 1340. The van der Waals surface area contributed by atoms with Crippen molar-refractivity contribution in [1.29, 1.82) is 0 Å². The maximum absolute atomic E-state index is 12.8. The van der Waals surface area contributed by atoms with Crippen molar-refractivity contribution in [3.05, 3.63) is 80.7 Å². The molecule has 11 heteroatoms. The highest BCUT2D eigenvalue weighted by molar-refractivity contribution is 7.99. The Balaban J connectivity index is 1.59. The van der Waals surface area contributed by atoms with E-state index in [-0.39, 0.29) is 34.8 Å². The molecule has 0 aliphatic rings. The molecule has 0 saturated heterocycles. The van der Waals surface area contributed by atoms with E-state index < -0.39 is 17.0 Å². The van der Waals surface area contributed by atoms with Gasteiger partial charge in [0.2, 0.25) is 0 Å². The number of nitrogen functional groups attached to an aromatic ring is 1. The van der Waals surface area contributed by atoms with Crippen LogP contribution in [0.2, 0.25) is 0 Å². The lowest BCUT2D eigenvalue weighted by molar-refractivity contribution is 0.102. The zero-order chi connectivity index (χ0) is 22.0. The van der Waals surface area contributed by atoms with Crippen LogP contribution in [0.1, 0.15) is 15.9 Å². The highest BCUT2D eigenvalue weighted by Gasteiger charge is 2.23. The third kappa shape index (κ3) is 4.08. The van der Waals surface area contributed by atoms with Crippen LogP contribution in [0.15, 0.2) is 72.4 Å². The molecule has 31 heavy (non-hydrogen) atoms. The number of ketones is 1. The number of benzene rings is 1. The molecular weight excluding hydrogens is 422 g/mol. The molecule has 0 unspecified atom stereocenters. The van der Waals surface area contributed by atoms with Crippen molar-refractivity contribution in [2.24, 2.45) is 7.05 Å². The highest BCUT2D eigenvalue weighted by atomic mass is 32.2. The maximum Gasteiger partial charge on any atom is 0.332 e. The van der Waals surface area contributed by atoms with Crippen LogP contribution in [0.3, 0.4) is 0 Å². The summed E-state index contributed by atoms with van der Waals surface area (Å²) in [7, 11) is 1.31. The molecule has 0 bridgehead atoms. The SMILES string of the molecule is Cn1c(=O)c(C(=O)CSc2nnc(-c3ccco3)o2)c(N)n(Cc2ccccc2)c1=O. The zero-order valence-electron chi connectivity index (χ0n) is 16.3. The second kappa shape index (κ2) is 8.48. The highest BCUT2D eigenvalue weighted by Crippen LogP contribution is 2.24. The van der Waals surface area contributed by atoms with Crippen molar-refractivity contribution in [2.45, 2.75) is 11.8 Å². The largest absolute Gasteiger partial charge is 0.459 e. The number of carbonyl (C=O) groups excluding carboxylic acids is 1. The maximum atomic E-state index is 12.8. The zero-order valence-corrected chi connectivity index (χ0v) is 17.2. The lowest BCUT2D eigenvalue weighted by Crippen LogP contribution is -2.43. The molecule has 0 aliphatic heterocycles. The predicted molar refractivity (Wildman–Crippen MR) is 113 cm³/mol. The second-order valence-electron chi connectivity index (χ2n) is 6.54. The van der Waals surface area contributed by atoms with E-state index in [4.69, 9.17) is 14.6 Å². The Labute approximate surface area is 179 Å². The summed E-state index contributed by atoms with van der Waals surface area (Å²) >= 11 is 0.956. The van der Waals surface area contributed by atoms with Gasteiger partial charge in [-0.2, -0.15) is 0 Å². The van der Waals surface area contributed by atoms with Gasteiger partial charge in [0.15, 0.2) is 11.5 Å². The molecule has 158 valence electrons. The number of Topliss-reactive ketones (excluding diaryl/α,β-unsaturated/α-hetero) is 1. The Hall–Kier alpha value is -3.86. The van der Waals surface area contributed by atoms with E-state index in [9.17, 15) is 14.4 Å². The number of anilines is 1. The number of hydrogen-bond donors (Lipinski definition) is 1.